The van der Waals surface area contributed by atoms with Crippen LogP contribution >= 0.6 is 0 Å². The van der Waals surface area contributed by atoms with E-state index in [9.17, 15) is 0 Å². The summed E-state index contributed by atoms with van der Waals surface area (Å²) in [6.45, 7) is 0.532. The number of hydrogen-bond acceptors (Lipinski definition) is 5. The lowest BCUT2D eigenvalue weighted by atomic mass is 10.0. The van der Waals surface area contributed by atoms with E-state index < -0.39 is 0 Å². The van der Waals surface area contributed by atoms with Crippen molar-refractivity contribution in [3.8, 4) is 34.9 Å². The predicted molar refractivity (Wildman–Crippen MR) is 128 cm³/mol. The van der Waals surface area contributed by atoms with E-state index in [-0.39, 0.29) is 0 Å². The fourth-order valence-corrected chi connectivity index (χ4v) is 3.67. The molecule has 5 nitrogen and oxygen atoms in total. The smallest absolute Gasteiger partial charge is 0.165 e. The summed E-state index contributed by atoms with van der Waals surface area (Å²) in [5.74, 6) is 3.89. The van der Waals surface area contributed by atoms with Crippen LogP contribution in [0.5, 0.6) is 0 Å². The van der Waals surface area contributed by atoms with E-state index >= 15 is 0 Å². The van der Waals surface area contributed by atoms with Crippen molar-refractivity contribution in [2.75, 3.05) is 5.32 Å². The van der Waals surface area contributed by atoms with Crippen molar-refractivity contribution in [3.05, 3.63) is 103 Å². The maximum absolute atomic E-state index is 5.68. The van der Waals surface area contributed by atoms with Gasteiger partial charge < -0.3 is 5.32 Å². The number of pyridine rings is 2. The first-order valence-electron chi connectivity index (χ1n) is 10.3. The molecular formula is C27H19N5. The van der Waals surface area contributed by atoms with Crippen LogP contribution in [0.2, 0.25) is 0 Å². The van der Waals surface area contributed by atoms with E-state index in [1.54, 1.807) is 12.4 Å². The van der Waals surface area contributed by atoms with Crippen LogP contribution in [0.15, 0.2) is 91.3 Å². The highest BCUT2D eigenvalue weighted by Crippen LogP contribution is 2.34. The quantitative estimate of drug-likeness (QED) is 0.394. The summed E-state index contributed by atoms with van der Waals surface area (Å²) in [4.78, 5) is 18.5. The molecule has 2 aromatic carbocycles. The highest BCUT2D eigenvalue weighted by molar-refractivity contribution is 6.02. The summed E-state index contributed by atoms with van der Waals surface area (Å²) in [5.41, 5.74) is 5.14. The van der Waals surface area contributed by atoms with Gasteiger partial charge in [-0.15, -0.1) is 6.42 Å². The Morgan fingerprint density at radius 1 is 0.750 bits per heavy atom. The number of hydrogen-bond donors (Lipinski definition) is 1. The van der Waals surface area contributed by atoms with Crippen LogP contribution in [0.4, 0.5) is 5.82 Å². The monoisotopic (exact) mass is 413 g/mol. The van der Waals surface area contributed by atoms with Gasteiger partial charge in [-0.25, -0.2) is 15.0 Å². The molecule has 0 saturated heterocycles. The first kappa shape index (κ1) is 19.4. The number of nitrogens with zero attached hydrogens (tertiary/aromatic N) is 4. The van der Waals surface area contributed by atoms with Crippen LogP contribution in [-0.4, -0.2) is 19.9 Å². The number of aromatic nitrogens is 4. The maximum atomic E-state index is 5.68. The molecule has 0 bridgehead atoms. The molecule has 0 atom stereocenters. The van der Waals surface area contributed by atoms with Crippen molar-refractivity contribution >= 4 is 16.7 Å². The minimum Gasteiger partial charge on any atom is -0.364 e. The standard InChI is InChI=1S/C27H19N5/c1-2-23-22(14-9-17-29-23)26-31-24-15-8-13-21(19-10-4-3-5-11-19)25(24)27(32-26)30-18-20-12-6-7-16-28-20/h1,3-17H,18H2,(H,30,31,32). The number of nitrogens with one attached hydrogen (secondary N) is 1. The lowest BCUT2D eigenvalue weighted by Gasteiger charge is -2.14. The molecule has 0 aliphatic carbocycles. The fourth-order valence-electron chi connectivity index (χ4n) is 3.67. The molecule has 5 heteroatoms. The van der Waals surface area contributed by atoms with Crippen LogP contribution in [0.3, 0.4) is 0 Å². The first-order valence-corrected chi connectivity index (χ1v) is 10.3. The second-order valence-electron chi connectivity index (χ2n) is 7.18. The lowest BCUT2D eigenvalue weighted by Crippen LogP contribution is -2.06. The zero-order valence-electron chi connectivity index (χ0n) is 17.2. The summed E-state index contributed by atoms with van der Waals surface area (Å²) in [6, 6.07) is 25.9. The summed E-state index contributed by atoms with van der Waals surface area (Å²) >= 11 is 0. The Hall–Kier alpha value is -4.56. The van der Waals surface area contributed by atoms with Gasteiger partial charge in [-0.05, 0) is 47.4 Å². The average Bonchev–Trinajstić information content (AvgIpc) is 2.87. The molecule has 0 radical (unpaired) electrons. The largest absolute Gasteiger partial charge is 0.364 e. The van der Waals surface area contributed by atoms with Crippen LogP contribution < -0.4 is 5.32 Å². The number of benzene rings is 2. The molecule has 5 rings (SSSR count). The zero-order valence-corrected chi connectivity index (χ0v) is 17.2. The highest BCUT2D eigenvalue weighted by Gasteiger charge is 2.16. The van der Waals surface area contributed by atoms with Crippen molar-refractivity contribution in [1.82, 2.24) is 19.9 Å². The molecule has 0 aliphatic rings. The summed E-state index contributed by atoms with van der Waals surface area (Å²) in [7, 11) is 0. The van der Waals surface area contributed by atoms with Crippen LogP contribution in [0.1, 0.15) is 11.4 Å². The topological polar surface area (TPSA) is 63.6 Å². The van der Waals surface area contributed by atoms with Gasteiger partial charge in [-0.1, -0.05) is 48.5 Å². The first-order chi connectivity index (χ1) is 15.8. The number of rotatable bonds is 5. The third-order valence-electron chi connectivity index (χ3n) is 5.16. The molecule has 0 aliphatic heterocycles. The Morgan fingerprint density at radius 2 is 1.56 bits per heavy atom. The van der Waals surface area contributed by atoms with Crippen molar-refractivity contribution < 1.29 is 0 Å². The zero-order chi connectivity index (χ0) is 21.8. The van der Waals surface area contributed by atoms with E-state index in [4.69, 9.17) is 16.4 Å². The minimum absolute atomic E-state index is 0.516. The van der Waals surface area contributed by atoms with Gasteiger partial charge in [-0.3, -0.25) is 4.98 Å². The van der Waals surface area contributed by atoms with Gasteiger partial charge in [0.25, 0.3) is 0 Å². The predicted octanol–water partition coefficient (Wildman–Crippen LogP) is 5.35. The normalized spacial score (nSPS) is 10.6. The Morgan fingerprint density at radius 3 is 2.38 bits per heavy atom. The van der Waals surface area contributed by atoms with Gasteiger partial charge in [0.15, 0.2) is 5.82 Å². The fraction of sp³-hybridized carbons (Fsp3) is 0.0370. The van der Waals surface area contributed by atoms with Crippen molar-refractivity contribution in [3.63, 3.8) is 0 Å². The van der Waals surface area contributed by atoms with Gasteiger partial charge in [0, 0.05) is 12.4 Å². The Kier molecular flexibility index (Phi) is 5.25. The van der Waals surface area contributed by atoms with Gasteiger partial charge >= 0.3 is 0 Å². The van der Waals surface area contributed by atoms with Gasteiger partial charge in [-0.2, -0.15) is 0 Å². The van der Waals surface area contributed by atoms with Crippen molar-refractivity contribution in [2.45, 2.75) is 6.54 Å². The van der Waals surface area contributed by atoms with Crippen molar-refractivity contribution in [1.29, 1.82) is 0 Å². The molecule has 0 unspecified atom stereocenters. The Bertz CT molecular complexity index is 1420. The van der Waals surface area contributed by atoms with E-state index in [1.165, 1.54) is 0 Å². The molecule has 0 spiro atoms. The van der Waals surface area contributed by atoms with E-state index in [0.717, 1.165) is 39.1 Å². The second kappa shape index (κ2) is 8.66. The van der Waals surface area contributed by atoms with Gasteiger partial charge in [0.1, 0.15) is 11.5 Å². The third kappa shape index (κ3) is 3.78. The van der Waals surface area contributed by atoms with Gasteiger partial charge in [0.05, 0.1) is 28.7 Å². The van der Waals surface area contributed by atoms with Crippen LogP contribution in [0, 0.1) is 12.3 Å². The SMILES string of the molecule is C#Cc1ncccc1-c1nc(NCc2ccccn2)c2c(-c3ccccc3)cccc2n1. The lowest BCUT2D eigenvalue weighted by molar-refractivity contribution is 1.03. The van der Waals surface area contributed by atoms with E-state index in [1.807, 2.05) is 60.7 Å². The van der Waals surface area contributed by atoms with Crippen LogP contribution in [-0.2, 0) is 6.54 Å². The van der Waals surface area contributed by atoms with Crippen LogP contribution in [0.25, 0.3) is 33.4 Å². The highest BCUT2D eigenvalue weighted by atomic mass is 15.0. The molecule has 0 saturated carbocycles. The average molecular weight is 413 g/mol. The molecule has 32 heavy (non-hydrogen) atoms. The van der Waals surface area contributed by atoms with E-state index in [2.05, 4.69) is 39.4 Å². The number of anilines is 1. The Labute approximate surface area is 186 Å². The third-order valence-corrected chi connectivity index (χ3v) is 5.16. The molecule has 0 amide bonds. The molecule has 1 N–H and O–H groups in total. The van der Waals surface area contributed by atoms with Crippen molar-refractivity contribution in [2.24, 2.45) is 0 Å². The Balaban J connectivity index is 1.71. The maximum Gasteiger partial charge on any atom is 0.165 e. The molecule has 5 aromatic rings. The second-order valence-corrected chi connectivity index (χ2v) is 7.18. The molecular weight excluding hydrogens is 394 g/mol. The van der Waals surface area contributed by atoms with Gasteiger partial charge in [0.2, 0.25) is 0 Å². The molecule has 0 fully saturated rings. The summed E-state index contributed by atoms with van der Waals surface area (Å²) in [5, 5.41) is 4.42. The molecule has 3 heterocycles. The summed E-state index contributed by atoms with van der Waals surface area (Å²) < 4.78 is 0. The molecule has 3 aromatic heterocycles. The number of fused-ring (bicyclic) bond motifs is 1. The summed E-state index contributed by atoms with van der Waals surface area (Å²) in [6.07, 6.45) is 9.14. The van der Waals surface area contributed by atoms with E-state index in [0.29, 0.717) is 18.1 Å². The number of terminal acetylenes is 1. The minimum atomic E-state index is 0.516. The molecule has 152 valence electrons.